The van der Waals surface area contributed by atoms with Crippen LogP contribution in [0.4, 0.5) is 5.69 Å². The van der Waals surface area contributed by atoms with Crippen LogP contribution in [-0.4, -0.2) is 4.98 Å². The van der Waals surface area contributed by atoms with Crippen molar-refractivity contribution in [2.24, 2.45) is 0 Å². The average molecular weight is 304 g/mol. The van der Waals surface area contributed by atoms with Gasteiger partial charge in [-0.1, -0.05) is 18.2 Å². The fourth-order valence-electron chi connectivity index (χ4n) is 1.14. The van der Waals surface area contributed by atoms with E-state index in [0.717, 1.165) is 21.1 Å². The van der Waals surface area contributed by atoms with Crippen LogP contribution in [0.3, 0.4) is 0 Å². The number of nitrogens with zero attached hydrogens (tertiary/aromatic N) is 1. The SMILES string of the molecule is Br.Nc1c(Br)cnc2ccccc12. The third-order valence-corrected chi connectivity index (χ3v) is 2.40. The number of hydrogen-bond donors (Lipinski definition) is 1. The maximum Gasteiger partial charge on any atom is 0.0723 e. The van der Waals surface area contributed by atoms with Gasteiger partial charge >= 0.3 is 0 Å². The molecule has 0 aliphatic heterocycles. The number of nitrogens with two attached hydrogens (primary N) is 1. The molecule has 1 aromatic heterocycles. The first kappa shape index (κ1) is 10.5. The van der Waals surface area contributed by atoms with Crippen molar-refractivity contribution in [2.75, 3.05) is 5.73 Å². The van der Waals surface area contributed by atoms with E-state index in [9.17, 15) is 0 Å². The molecule has 2 nitrogen and oxygen atoms in total. The fraction of sp³-hybridized carbons (Fsp3) is 0. The fourth-order valence-corrected chi connectivity index (χ4v) is 1.45. The van der Waals surface area contributed by atoms with Gasteiger partial charge in [0.2, 0.25) is 0 Å². The van der Waals surface area contributed by atoms with Crippen LogP contribution in [-0.2, 0) is 0 Å². The van der Waals surface area contributed by atoms with Crippen LogP contribution in [0.15, 0.2) is 34.9 Å². The number of para-hydroxylation sites is 1. The van der Waals surface area contributed by atoms with Gasteiger partial charge in [-0.2, -0.15) is 0 Å². The number of aromatic nitrogens is 1. The summed E-state index contributed by atoms with van der Waals surface area (Å²) in [7, 11) is 0. The van der Waals surface area contributed by atoms with E-state index >= 15 is 0 Å². The standard InChI is InChI=1S/C9H7BrN2.BrH/c10-7-5-12-8-4-2-1-3-6(8)9(7)11;/h1-5H,(H2,11,12);1H. The van der Waals surface area contributed by atoms with E-state index in [4.69, 9.17) is 5.73 Å². The predicted octanol–water partition coefficient (Wildman–Crippen LogP) is 3.16. The zero-order valence-electron chi connectivity index (χ0n) is 6.70. The number of rotatable bonds is 0. The first-order valence-corrected chi connectivity index (χ1v) is 4.37. The van der Waals surface area contributed by atoms with Crippen molar-refractivity contribution in [3.05, 3.63) is 34.9 Å². The molecular weight excluding hydrogens is 296 g/mol. The van der Waals surface area contributed by atoms with Crippen LogP contribution in [0.25, 0.3) is 10.9 Å². The van der Waals surface area contributed by atoms with E-state index in [1.54, 1.807) is 6.20 Å². The van der Waals surface area contributed by atoms with Gasteiger partial charge in [0.25, 0.3) is 0 Å². The Hall–Kier alpha value is -0.610. The summed E-state index contributed by atoms with van der Waals surface area (Å²) in [4.78, 5) is 4.21. The first-order valence-electron chi connectivity index (χ1n) is 3.58. The zero-order chi connectivity index (χ0) is 8.55. The van der Waals surface area contributed by atoms with Gasteiger partial charge in [-0.3, -0.25) is 4.98 Å². The Bertz CT molecular complexity index is 429. The van der Waals surface area contributed by atoms with Gasteiger partial charge in [0.1, 0.15) is 0 Å². The number of fused-ring (bicyclic) bond motifs is 1. The minimum Gasteiger partial charge on any atom is -0.397 e. The van der Waals surface area contributed by atoms with Crippen molar-refractivity contribution in [3.63, 3.8) is 0 Å². The Labute approximate surface area is 95.1 Å². The molecule has 1 heterocycles. The van der Waals surface area contributed by atoms with Crippen LogP contribution < -0.4 is 5.73 Å². The molecule has 0 bridgehead atoms. The maximum absolute atomic E-state index is 5.83. The number of benzene rings is 1. The van der Waals surface area contributed by atoms with E-state index in [1.807, 2.05) is 24.3 Å². The van der Waals surface area contributed by atoms with Crippen LogP contribution >= 0.6 is 32.9 Å². The van der Waals surface area contributed by atoms with Crippen LogP contribution in [0.2, 0.25) is 0 Å². The molecule has 68 valence electrons. The van der Waals surface area contributed by atoms with Crippen LogP contribution in [0.5, 0.6) is 0 Å². The normalized spacial score (nSPS) is 9.62. The maximum atomic E-state index is 5.83. The molecule has 2 aromatic rings. The second-order valence-electron chi connectivity index (χ2n) is 2.54. The van der Waals surface area contributed by atoms with Crippen molar-refractivity contribution in [1.29, 1.82) is 0 Å². The summed E-state index contributed by atoms with van der Waals surface area (Å²) >= 11 is 3.33. The molecule has 0 spiro atoms. The quantitative estimate of drug-likeness (QED) is 0.812. The smallest absolute Gasteiger partial charge is 0.0723 e. The number of nitrogen functional groups attached to an aromatic ring is 1. The zero-order valence-corrected chi connectivity index (χ0v) is 10.00. The van der Waals surface area contributed by atoms with E-state index in [0.29, 0.717) is 0 Å². The van der Waals surface area contributed by atoms with Gasteiger partial charge in [0.15, 0.2) is 0 Å². The molecule has 2 N–H and O–H groups in total. The molecular formula is C9H8Br2N2. The number of anilines is 1. The van der Waals surface area contributed by atoms with Gasteiger partial charge in [-0.05, 0) is 22.0 Å². The number of pyridine rings is 1. The van der Waals surface area contributed by atoms with E-state index in [2.05, 4.69) is 20.9 Å². The van der Waals surface area contributed by atoms with Crippen molar-refractivity contribution in [1.82, 2.24) is 4.98 Å². The van der Waals surface area contributed by atoms with Gasteiger partial charge in [0, 0.05) is 11.6 Å². The number of halogens is 2. The Kier molecular flexibility index (Phi) is 3.27. The Morgan fingerprint density at radius 1 is 1.23 bits per heavy atom. The van der Waals surface area contributed by atoms with Crippen molar-refractivity contribution in [2.45, 2.75) is 0 Å². The predicted molar refractivity (Wildman–Crippen MR) is 64.2 cm³/mol. The second-order valence-corrected chi connectivity index (χ2v) is 3.39. The van der Waals surface area contributed by atoms with Gasteiger partial charge in [-0.15, -0.1) is 17.0 Å². The Morgan fingerprint density at radius 2 is 1.92 bits per heavy atom. The lowest BCUT2D eigenvalue weighted by atomic mass is 10.2. The first-order chi connectivity index (χ1) is 5.79. The van der Waals surface area contributed by atoms with Crippen LogP contribution in [0.1, 0.15) is 0 Å². The third kappa shape index (κ3) is 1.84. The third-order valence-electron chi connectivity index (χ3n) is 1.77. The van der Waals surface area contributed by atoms with Crippen molar-refractivity contribution < 1.29 is 0 Å². The molecule has 0 amide bonds. The highest BCUT2D eigenvalue weighted by atomic mass is 79.9. The molecule has 1 aromatic carbocycles. The molecule has 13 heavy (non-hydrogen) atoms. The largest absolute Gasteiger partial charge is 0.397 e. The lowest BCUT2D eigenvalue weighted by molar-refractivity contribution is 1.39. The second kappa shape index (κ2) is 4.07. The highest BCUT2D eigenvalue weighted by Gasteiger charge is 2.00. The molecule has 0 fully saturated rings. The molecule has 2 rings (SSSR count). The molecule has 0 saturated heterocycles. The summed E-state index contributed by atoms with van der Waals surface area (Å²) < 4.78 is 0.848. The summed E-state index contributed by atoms with van der Waals surface area (Å²) in [6.07, 6.45) is 1.72. The van der Waals surface area contributed by atoms with E-state index in [1.165, 1.54) is 0 Å². The molecule has 0 aliphatic rings. The number of hydrogen-bond acceptors (Lipinski definition) is 2. The lowest BCUT2D eigenvalue weighted by Crippen LogP contribution is -1.90. The van der Waals surface area contributed by atoms with Gasteiger partial charge < -0.3 is 5.73 Å². The molecule has 0 aliphatic carbocycles. The van der Waals surface area contributed by atoms with Crippen molar-refractivity contribution >= 4 is 49.5 Å². The minimum absolute atomic E-state index is 0. The summed E-state index contributed by atoms with van der Waals surface area (Å²) in [6, 6.07) is 7.80. The summed E-state index contributed by atoms with van der Waals surface area (Å²) in [6.45, 7) is 0. The summed E-state index contributed by atoms with van der Waals surface area (Å²) in [5, 5.41) is 0.992. The summed E-state index contributed by atoms with van der Waals surface area (Å²) in [5.41, 5.74) is 7.51. The van der Waals surface area contributed by atoms with Gasteiger partial charge in [-0.25, -0.2) is 0 Å². The minimum atomic E-state index is 0. The molecule has 0 atom stereocenters. The molecule has 0 saturated carbocycles. The highest BCUT2D eigenvalue weighted by Crippen LogP contribution is 2.26. The molecule has 0 radical (unpaired) electrons. The Morgan fingerprint density at radius 3 is 2.69 bits per heavy atom. The van der Waals surface area contributed by atoms with E-state index in [-0.39, 0.29) is 17.0 Å². The molecule has 0 unspecified atom stereocenters. The van der Waals surface area contributed by atoms with Crippen LogP contribution in [0, 0.1) is 0 Å². The highest BCUT2D eigenvalue weighted by molar-refractivity contribution is 9.10. The molecule has 4 heteroatoms. The Balaban J connectivity index is 0.000000845. The summed E-state index contributed by atoms with van der Waals surface area (Å²) in [5.74, 6) is 0. The van der Waals surface area contributed by atoms with Gasteiger partial charge in [0.05, 0.1) is 15.7 Å². The topological polar surface area (TPSA) is 38.9 Å². The van der Waals surface area contributed by atoms with E-state index < -0.39 is 0 Å². The average Bonchev–Trinajstić information content (AvgIpc) is 2.12. The monoisotopic (exact) mass is 302 g/mol. The lowest BCUT2D eigenvalue weighted by Gasteiger charge is -2.01. The van der Waals surface area contributed by atoms with Crippen molar-refractivity contribution in [3.8, 4) is 0 Å².